The minimum atomic E-state index is 0. The number of carbonyl (C=O) groups excluding carboxylic acids is 2. The van der Waals surface area contributed by atoms with Crippen molar-refractivity contribution in [3.63, 3.8) is 0 Å². The Balaban J connectivity index is 0. The van der Waals surface area contributed by atoms with Crippen LogP contribution in [0.25, 0.3) is 0 Å². The number of hydrogen-bond acceptors (Lipinski definition) is 5. The van der Waals surface area contributed by atoms with E-state index in [1.54, 1.807) is 0 Å². The standard InChI is InChI=1S/C2O5.Zn/c3-1-5-7-6-2-4;/q-2;+2. The Hall–Kier alpha value is -0.477. The van der Waals surface area contributed by atoms with Gasteiger partial charge in [0.2, 0.25) is 0 Å². The molecule has 0 fully saturated rings. The van der Waals surface area contributed by atoms with Crippen LogP contribution in [0.3, 0.4) is 0 Å². The minimum absolute atomic E-state index is 0. The first-order valence-corrected chi connectivity index (χ1v) is 1.15. The van der Waals surface area contributed by atoms with Gasteiger partial charge in [0.1, 0.15) is 0 Å². The van der Waals surface area contributed by atoms with Gasteiger partial charge in [-0.2, -0.15) is 0 Å². The van der Waals surface area contributed by atoms with Gasteiger partial charge in [-0.3, -0.25) is 0 Å². The molecule has 0 saturated heterocycles. The van der Waals surface area contributed by atoms with Crippen molar-refractivity contribution in [2.24, 2.45) is 0 Å². The first-order valence-electron chi connectivity index (χ1n) is 1.15. The van der Waals surface area contributed by atoms with Crippen molar-refractivity contribution in [3.8, 4) is 0 Å². The molecule has 8 heavy (non-hydrogen) atoms. The van der Waals surface area contributed by atoms with Gasteiger partial charge in [0.25, 0.3) is 0 Å². The average Bonchev–Trinajstić information content (AvgIpc) is 1.69. The summed E-state index contributed by atoms with van der Waals surface area (Å²) in [6.07, 6.45) is 0. The fourth-order valence-corrected chi connectivity index (χ4v) is 0.0448. The number of hydrogen-bond donors (Lipinski definition) is 0. The van der Waals surface area contributed by atoms with E-state index in [0.717, 1.165) is 12.9 Å². The molecule has 0 amide bonds. The fraction of sp³-hybridized carbons (Fsp3) is 0. The Morgan fingerprint density at radius 3 is 1.62 bits per heavy atom. The van der Waals surface area contributed by atoms with Crippen molar-refractivity contribution in [2.75, 3.05) is 0 Å². The van der Waals surface area contributed by atoms with Gasteiger partial charge in [-0.15, -0.1) is 0 Å². The Bertz CT molecular complexity index is 55.4. The second kappa shape index (κ2) is 9.73. The van der Waals surface area contributed by atoms with Crippen molar-refractivity contribution < 1.29 is 43.9 Å². The first kappa shape index (κ1) is 10.5. The van der Waals surface area contributed by atoms with E-state index in [9.17, 15) is 0 Å². The second-order valence-electron chi connectivity index (χ2n) is 0.401. The van der Waals surface area contributed by atoms with Crippen LogP contribution in [0.1, 0.15) is 0 Å². The molecule has 0 heterocycles. The normalized spacial score (nSPS) is 6.00. The van der Waals surface area contributed by atoms with Crippen LogP contribution >= 0.6 is 0 Å². The summed E-state index contributed by atoms with van der Waals surface area (Å²) in [4.78, 5) is 24.6. The zero-order valence-electron chi connectivity index (χ0n) is 3.75. The molecule has 0 bridgehead atoms. The zero-order valence-corrected chi connectivity index (χ0v) is 6.72. The third-order valence-electron chi connectivity index (χ3n) is 0.136. The van der Waals surface area contributed by atoms with Crippen molar-refractivity contribution in [1.82, 2.24) is 0 Å². The van der Waals surface area contributed by atoms with Crippen LogP contribution in [0.4, 0.5) is 0 Å². The zero-order chi connectivity index (χ0) is 5.54. The summed E-state index contributed by atoms with van der Waals surface area (Å²) >= 11 is 0. The van der Waals surface area contributed by atoms with Crippen molar-refractivity contribution >= 4 is 12.9 Å². The molecule has 6 heteroatoms. The van der Waals surface area contributed by atoms with Gasteiger partial charge in [0, 0.05) is 0 Å². The molecule has 0 rings (SSSR count). The van der Waals surface area contributed by atoms with Gasteiger partial charge >= 0.3 is 19.5 Å². The van der Waals surface area contributed by atoms with Crippen LogP contribution < -0.4 is 0 Å². The molecule has 0 N–H and O–H groups in total. The summed E-state index contributed by atoms with van der Waals surface area (Å²) in [6.45, 7) is 1.65. The smallest absolute Gasteiger partial charge is 0.495 e. The van der Waals surface area contributed by atoms with Gasteiger partial charge in [-0.25, -0.2) is 0 Å². The van der Waals surface area contributed by atoms with Gasteiger partial charge in [-0.1, -0.05) is 0 Å². The Morgan fingerprint density at radius 1 is 1.00 bits per heavy atom. The molecule has 0 unspecified atom stereocenters. The summed E-state index contributed by atoms with van der Waals surface area (Å²) in [5.41, 5.74) is 0. The van der Waals surface area contributed by atoms with Gasteiger partial charge in [-0.05, 0) is 18.0 Å². The maximum atomic E-state index is 9.00. The van der Waals surface area contributed by atoms with Crippen molar-refractivity contribution in [1.29, 1.82) is 0 Å². The van der Waals surface area contributed by atoms with Crippen LogP contribution in [0, 0.1) is 0 Å². The van der Waals surface area contributed by atoms with Crippen LogP contribution in [-0.2, 0) is 43.9 Å². The fourth-order valence-electron chi connectivity index (χ4n) is 0.0448. The minimum Gasteiger partial charge on any atom is -0.495 e. The molecule has 5 nitrogen and oxygen atoms in total. The van der Waals surface area contributed by atoms with E-state index in [1.165, 1.54) is 0 Å². The topological polar surface area (TPSA) is 61.8 Å². The molecule has 0 atom stereocenters. The van der Waals surface area contributed by atoms with E-state index in [2.05, 4.69) is 14.8 Å². The Kier molecular flexibility index (Phi) is 12.8. The molecule has 0 aliphatic heterocycles. The summed E-state index contributed by atoms with van der Waals surface area (Å²) in [6, 6.07) is 0. The van der Waals surface area contributed by atoms with Crippen LogP contribution in [0.5, 0.6) is 0 Å². The van der Waals surface area contributed by atoms with Crippen molar-refractivity contribution in [3.05, 3.63) is 0 Å². The van der Waals surface area contributed by atoms with E-state index in [-0.39, 0.29) is 19.5 Å². The van der Waals surface area contributed by atoms with Gasteiger partial charge in [0.15, 0.2) is 0 Å². The Morgan fingerprint density at radius 2 is 1.38 bits per heavy atom. The van der Waals surface area contributed by atoms with Crippen molar-refractivity contribution in [2.45, 2.75) is 0 Å². The third kappa shape index (κ3) is 9.10. The first-order chi connectivity index (χ1) is 3.41. The average molecular weight is 169 g/mol. The van der Waals surface area contributed by atoms with E-state index in [1.807, 2.05) is 0 Å². The molecule has 0 radical (unpaired) electrons. The third-order valence-corrected chi connectivity index (χ3v) is 0.136. The second-order valence-corrected chi connectivity index (χ2v) is 0.401. The molecular formula is C2O5Zn. The summed E-state index contributed by atoms with van der Waals surface area (Å²) in [7, 11) is 0. The molecule has 40 valence electrons. The van der Waals surface area contributed by atoms with Gasteiger partial charge < -0.3 is 19.4 Å². The molecule has 0 aliphatic rings. The monoisotopic (exact) mass is 168 g/mol. The summed E-state index contributed by atoms with van der Waals surface area (Å²) in [5, 5.41) is 3.28. The Labute approximate surface area is 57.5 Å². The summed E-state index contributed by atoms with van der Waals surface area (Å²) in [5.74, 6) is 0. The van der Waals surface area contributed by atoms with Crippen LogP contribution in [-0.4, -0.2) is 12.9 Å². The van der Waals surface area contributed by atoms with E-state index < -0.39 is 0 Å². The predicted octanol–water partition coefficient (Wildman–Crippen LogP) is -1.00. The summed E-state index contributed by atoms with van der Waals surface area (Å²) < 4.78 is 0. The molecular weight excluding hydrogens is 169 g/mol. The maximum absolute atomic E-state index is 9.00. The molecule has 0 aromatic carbocycles. The molecule has 0 aromatic heterocycles. The maximum Gasteiger partial charge on any atom is 2.00 e. The molecule has 0 aliphatic carbocycles. The number of rotatable bonds is 4. The largest absolute Gasteiger partial charge is 2.00 e. The van der Waals surface area contributed by atoms with E-state index in [0.29, 0.717) is 0 Å². The SMILES string of the molecule is O=[C-]OOO[C-]=O.[Zn+2]. The predicted molar refractivity (Wildman–Crippen MR) is 14.6 cm³/mol. The van der Waals surface area contributed by atoms with E-state index in [4.69, 9.17) is 9.59 Å². The van der Waals surface area contributed by atoms with Gasteiger partial charge in [0.05, 0.1) is 0 Å². The van der Waals surface area contributed by atoms with E-state index >= 15 is 0 Å². The van der Waals surface area contributed by atoms with Crippen LogP contribution in [0.2, 0.25) is 0 Å². The van der Waals surface area contributed by atoms with Crippen LogP contribution in [0.15, 0.2) is 0 Å². The molecule has 0 saturated carbocycles. The molecule has 0 aromatic rings. The molecule has 0 spiro atoms. The quantitative estimate of drug-likeness (QED) is 0.178.